The van der Waals surface area contributed by atoms with Crippen molar-refractivity contribution >= 4 is 23.1 Å². The van der Waals surface area contributed by atoms with E-state index < -0.39 is 0 Å². The molecular weight excluding hydrogens is 256 g/mol. The van der Waals surface area contributed by atoms with Crippen LogP contribution < -0.4 is 5.73 Å². The van der Waals surface area contributed by atoms with Crippen LogP contribution in [-0.4, -0.2) is 28.9 Å². The minimum atomic E-state index is 0.102. The quantitative estimate of drug-likeness (QED) is 0.845. The molecule has 0 radical (unpaired) electrons. The maximum atomic E-state index is 12.4. The number of hydrogen-bond donors (Lipinski definition) is 1. The molecule has 1 aliphatic rings. The van der Waals surface area contributed by atoms with E-state index in [2.05, 4.69) is 13.8 Å². The number of carbonyl (C=O) groups is 1. The molecule has 4 heteroatoms. The Labute approximate surface area is 119 Å². The maximum Gasteiger partial charge on any atom is 0.253 e. The van der Waals surface area contributed by atoms with Crippen molar-refractivity contribution in [2.45, 2.75) is 26.7 Å². The van der Waals surface area contributed by atoms with Gasteiger partial charge in [-0.3, -0.25) is 4.79 Å². The molecule has 1 aromatic rings. The van der Waals surface area contributed by atoms with E-state index in [4.69, 9.17) is 18.0 Å². The van der Waals surface area contributed by atoms with Gasteiger partial charge in [0.25, 0.3) is 5.91 Å². The van der Waals surface area contributed by atoms with Crippen molar-refractivity contribution in [3.8, 4) is 0 Å². The number of benzene rings is 1. The van der Waals surface area contributed by atoms with Crippen LogP contribution in [0.3, 0.4) is 0 Å². The van der Waals surface area contributed by atoms with E-state index in [9.17, 15) is 4.79 Å². The van der Waals surface area contributed by atoms with Gasteiger partial charge < -0.3 is 10.6 Å². The second-order valence-corrected chi connectivity index (χ2v) is 6.34. The molecule has 0 bridgehead atoms. The molecule has 19 heavy (non-hydrogen) atoms. The molecule has 1 saturated heterocycles. The van der Waals surface area contributed by atoms with Crippen molar-refractivity contribution in [2.24, 2.45) is 11.1 Å². The summed E-state index contributed by atoms with van der Waals surface area (Å²) in [5.74, 6) is 0.102. The standard InChI is InChI=1S/C15H20N2OS/c1-15(2)7-9-17(10-8-15)14(18)12-5-3-11(4-6-12)13(16)19/h3-6H,7-10H2,1-2H3,(H2,16,19). The molecule has 1 aliphatic heterocycles. The largest absolute Gasteiger partial charge is 0.389 e. The highest BCUT2D eigenvalue weighted by atomic mass is 32.1. The first-order valence-corrected chi connectivity index (χ1v) is 6.99. The first kappa shape index (κ1) is 14.0. The van der Waals surface area contributed by atoms with Crippen molar-refractivity contribution in [3.63, 3.8) is 0 Å². The van der Waals surface area contributed by atoms with E-state index in [1.165, 1.54) is 0 Å². The Bertz CT molecular complexity index is 483. The molecule has 0 saturated carbocycles. The van der Waals surface area contributed by atoms with Crippen LogP contribution in [0, 0.1) is 5.41 Å². The first-order chi connectivity index (χ1) is 8.89. The van der Waals surface area contributed by atoms with Crippen molar-refractivity contribution in [2.75, 3.05) is 13.1 Å². The fourth-order valence-corrected chi connectivity index (χ4v) is 2.41. The van der Waals surface area contributed by atoms with Crippen molar-refractivity contribution in [1.29, 1.82) is 0 Å². The number of rotatable bonds is 2. The molecule has 0 unspecified atom stereocenters. The second kappa shape index (κ2) is 5.29. The summed E-state index contributed by atoms with van der Waals surface area (Å²) in [7, 11) is 0. The van der Waals surface area contributed by atoms with Gasteiger partial charge in [-0.2, -0.15) is 0 Å². The van der Waals surface area contributed by atoms with Crippen LogP contribution in [0.2, 0.25) is 0 Å². The van der Waals surface area contributed by atoms with Gasteiger partial charge in [-0.1, -0.05) is 38.2 Å². The third-order valence-corrected chi connectivity index (χ3v) is 4.06. The van der Waals surface area contributed by atoms with Crippen LogP contribution in [0.5, 0.6) is 0 Å². The van der Waals surface area contributed by atoms with Gasteiger partial charge in [-0.25, -0.2) is 0 Å². The van der Waals surface area contributed by atoms with Crippen molar-refractivity contribution in [1.82, 2.24) is 4.90 Å². The monoisotopic (exact) mass is 276 g/mol. The predicted octanol–water partition coefficient (Wildman–Crippen LogP) is 2.58. The number of nitrogens with zero attached hydrogens (tertiary/aromatic N) is 1. The topological polar surface area (TPSA) is 46.3 Å². The molecule has 1 fully saturated rings. The van der Waals surface area contributed by atoms with Crippen LogP contribution in [0.1, 0.15) is 42.6 Å². The number of amides is 1. The number of thiocarbonyl (C=S) groups is 1. The highest BCUT2D eigenvalue weighted by Gasteiger charge is 2.28. The van der Waals surface area contributed by atoms with Crippen LogP contribution in [-0.2, 0) is 0 Å². The van der Waals surface area contributed by atoms with Crippen LogP contribution >= 0.6 is 12.2 Å². The van der Waals surface area contributed by atoms with Crippen LogP contribution in [0.15, 0.2) is 24.3 Å². The third kappa shape index (κ3) is 3.32. The molecule has 0 aromatic heterocycles. The summed E-state index contributed by atoms with van der Waals surface area (Å²) in [6.45, 7) is 6.18. The van der Waals surface area contributed by atoms with Gasteiger partial charge in [0, 0.05) is 24.2 Å². The number of carbonyl (C=O) groups excluding carboxylic acids is 1. The highest BCUT2D eigenvalue weighted by Crippen LogP contribution is 2.30. The lowest BCUT2D eigenvalue weighted by atomic mass is 9.82. The fraction of sp³-hybridized carbons (Fsp3) is 0.467. The Kier molecular flexibility index (Phi) is 3.90. The van der Waals surface area contributed by atoms with Gasteiger partial charge in [-0.15, -0.1) is 0 Å². The maximum absolute atomic E-state index is 12.4. The number of likely N-dealkylation sites (tertiary alicyclic amines) is 1. The summed E-state index contributed by atoms with van der Waals surface area (Å²) >= 11 is 4.90. The second-order valence-electron chi connectivity index (χ2n) is 5.90. The fourth-order valence-electron chi connectivity index (χ4n) is 2.27. The van der Waals surface area contributed by atoms with E-state index in [0.717, 1.165) is 31.5 Å². The molecule has 1 amide bonds. The van der Waals surface area contributed by atoms with Gasteiger partial charge in [0.15, 0.2) is 0 Å². The zero-order chi connectivity index (χ0) is 14.0. The molecule has 0 aliphatic carbocycles. The lowest BCUT2D eigenvalue weighted by Gasteiger charge is -2.37. The normalized spacial score (nSPS) is 18.1. The Morgan fingerprint density at radius 1 is 1.16 bits per heavy atom. The van der Waals surface area contributed by atoms with Crippen LogP contribution in [0.4, 0.5) is 0 Å². The van der Waals surface area contributed by atoms with Gasteiger partial charge in [0.2, 0.25) is 0 Å². The van der Waals surface area contributed by atoms with Crippen LogP contribution in [0.25, 0.3) is 0 Å². The minimum absolute atomic E-state index is 0.102. The molecule has 102 valence electrons. The molecule has 1 heterocycles. The predicted molar refractivity (Wildman–Crippen MR) is 81.2 cm³/mol. The Balaban J connectivity index is 2.06. The summed E-state index contributed by atoms with van der Waals surface area (Å²) in [6.07, 6.45) is 2.12. The molecule has 1 aromatic carbocycles. The molecule has 2 N–H and O–H groups in total. The number of hydrogen-bond acceptors (Lipinski definition) is 2. The summed E-state index contributed by atoms with van der Waals surface area (Å²) in [5, 5.41) is 0. The molecular formula is C15H20N2OS. The molecule has 0 atom stereocenters. The van der Waals surface area contributed by atoms with Gasteiger partial charge in [0.05, 0.1) is 0 Å². The lowest BCUT2D eigenvalue weighted by molar-refractivity contribution is 0.0630. The Morgan fingerprint density at radius 2 is 1.63 bits per heavy atom. The van der Waals surface area contributed by atoms with E-state index in [1.54, 1.807) is 12.1 Å². The van der Waals surface area contributed by atoms with Gasteiger partial charge >= 0.3 is 0 Å². The van der Waals surface area contributed by atoms with Crippen molar-refractivity contribution in [3.05, 3.63) is 35.4 Å². The summed E-state index contributed by atoms with van der Waals surface area (Å²) in [5.41, 5.74) is 7.41. The SMILES string of the molecule is CC1(C)CCN(C(=O)c2ccc(C(N)=S)cc2)CC1. The van der Waals surface area contributed by atoms with Crippen molar-refractivity contribution < 1.29 is 4.79 Å². The smallest absolute Gasteiger partial charge is 0.253 e. The Hall–Kier alpha value is -1.42. The first-order valence-electron chi connectivity index (χ1n) is 6.58. The zero-order valence-electron chi connectivity index (χ0n) is 11.5. The number of piperidine rings is 1. The van der Waals surface area contributed by atoms with E-state index in [0.29, 0.717) is 16.0 Å². The zero-order valence-corrected chi connectivity index (χ0v) is 12.3. The average Bonchev–Trinajstić information content (AvgIpc) is 2.38. The van der Waals surface area contributed by atoms with Gasteiger partial charge in [0.1, 0.15) is 4.99 Å². The highest BCUT2D eigenvalue weighted by molar-refractivity contribution is 7.80. The summed E-state index contributed by atoms with van der Waals surface area (Å²) < 4.78 is 0. The van der Waals surface area contributed by atoms with Gasteiger partial charge in [-0.05, 0) is 30.4 Å². The Morgan fingerprint density at radius 3 is 2.11 bits per heavy atom. The summed E-state index contributed by atoms with van der Waals surface area (Å²) in [4.78, 5) is 14.6. The summed E-state index contributed by atoms with van der Waals surface area (Å²) in [6, 6.07) is 7.22. The average molecular weight is 276 g/mol. The molecule has 2 rings (SSSR count). The lowest BCUT2D eigenvalue weighted by Crippen LogP contribution is -2.41. The van der Waals surface area contributed by atoms with E-state index in [-0.39, 0.29) is 5.91 Å². The molecule has 3 nitrogen and oxygen atoms in total. The number of nitrogens with two attached hydrogens (primary N) is 1. The molecule has 0 spiro atoms. The van der Waals surface area contributed by atoms with E-state index >= 15 is 0 Å². The third-order valence-electron chi connectivity index (χ3n) is 3.82. The van der Waals surface area contributed by atoms with E-state index in [1.807, 2.05) is 17.0 Å². The minimum Gasteiger partial charge on any atom is -0.389 e.